The zero-order valence-corrected chi connectivity index (χ0v) is 9.19. The van der Waals surface area contributed by atoms with Gasteiger partial charge in [-0.1, -0.05) is 13.8 Å². The minimum atomic E-state index is 0.163. The number of thiazole rings is 1. The lowest BCUT2D eigenvalue weighted by Gasteiger charge is -2.20. The maximum atomic E-state index is 6.10. The largest absolute Gasteiger partial charge is 0.249 e. The molecule has 0 spiro atoms. The number of hydrogen-bond acceptors (Lipinski definition) is 2. The molecule has 0 N–H and O–H groups in total. The van der Waals surface area contributed by atoms with Crippen LogP contribution in [-0.4, -0.2) is 10.4 Å². The summed E-state index contributed by atoms with van der Waals surface area (Å²) in [5.74, 6) is 0.954. The molecular formula is C9H14ClNS. The highest BCUT2D eigenvalue weighted by Gasteiger charge is 2.22. The van der Waals surface area contributed by atoms with Crippen LogP contribution in [0.4, 0.5) is 0 Å². The molecule has 0 saturated carbocycles. The van der Waals surface area contributed by atoms with Gasteiger partial charge in [0.1, 0.15) is 0 Å². The van der Waals surface area contributed by atoms with E-state index in [4.69, 9.17) is 11.6 Å². The van der Waals surface area contributed by atoms with Crippen molar-refractivity contribution in [3.05, 3.63) is 16.6 Å². The smallest absolute Gasteiger partial charge is 0.0973 e. The van der Waals surface area contributed by atoms with Crippen molar-refractivity contribution in [1.29, 1.82) is 0 Å². The van der Waals surface area contributed by atoms with E-state index in [1.165, 1.54) is 0 Å². The Labute approximate surface area is 82.8 Å². The van der Waals surface area contributed by atoms with Crippen molar-refractivity contribution >= 4 is 22.9 Å². The first kappa shape index (κ1) is 10.0. The van der Waals surface area contributed by atoms with E-state index in [1.807, 2.05) is 18.5 Å². The Morgan fingerprint density at radius 3 is 2.42 bits per heavy atom. The molecular weight excluding hydrogens is 190 g/mol. The van der Waals surface area contributed by atoms with Gasteiger partial charge in [0, 0.05) is 22.9 Å². The minimum absolute atomic E-state index is 0.163. The van der Waals surface area contributed by atoms with Gasteiger partial charge in [-0.15, -0.1) is 22.9 Å². The lowest BCUT2D eigenvalue weighted by Crippen LogP contribution is -2.15. The summed E-state index contributed by atoms with van der Waals surface area (Å²) >= 11 is 7.79. The van der Waals surface area contributed by atoms with Gasteiger partial charge in [-0.25, -0.2) is 4.98 Å². The number of alkyl halides is 1. The second-order valence-electron chi connectivity index (χ2n) is 3.32. The highest BCUT2D eigenvalue weighted by Crippen LogP contribution is 2.31. The van der Waals surface area contributed by atoms with Gasteiger partial charge in [0.15, 0.2) is 0 Å². The van der Waals surface area contributed by atoms with Crippen molar-refractivity contribution in [2.24, 2.45) is 5.92 Å². The summed E-state index contributed by atoms with van der Waals surface area (Å²) in [6.07, 6.45) is 1.84. The standard InChI is InChI=1S/C9H14ClNS/c1-6(2)8(7(3)10)9-11-4-5-12-9/h4-8H,1-3H3. The molecule has 0 aromatic carbocycles. The second-order valence-corrected chi connectivity index (χ2v) is 4.93. The summed E-state index contributed by atoms with van der Waals surface area (Å²) in [4.78, 5) is 4.29. The summed E-state index contributed by atoms with van der Waals surface area (Å²) in [5.41, 5.74) is 0. The predicted molar refractivity (Wildman–Crippen MR) is 55.0 cm³/mol. The van der Waals surface area contributed by atoms with Gasteiger partial charge in [-0.3, -0.25) is 0 Å². The molecule has 1 rings (SSSR count). The van der Waals surface area contributed by atoms with Crippen LogP contribution >= 0.6 is 22.9 Å². The average molecular weight is 204 g/mol. The zero-order chi connectivity index (χ0) is 9.14. The molecule has 1 aromatic heterocycles. The second kappa shape index (κ2) is 4.24. The number of rotatable bonds is 3. The number of hydrogen-bond donors (Lipinski definition) is 0. The summed E-state index contributed by atoms with van der Waals surface area (Å²) in [6.45, 7) is 6.41. The molecule has 1 heterocycles. The van der Waals surface area contributed by atoms with Crippen LogP contribution in [0.3, 0.4) is 0 Å². The first-order chi connectivity index (χ1) is 5.63. The lowest BCUT2D eigenvalue weighted by molar-refractivity contribution is 0.488. The maximum Gasteiger partial charge on any atom is 0.0973 e. The van der Waals surface area contributed by atoms with Crippen LogP contribution < -0.4 is 0 Å². The van der Waals surface area contributed by atoms with Gasteiger partial charge in [-0.2, -0.15) is 0 Å². The van der Waals surface area contributed by atoms with Crippen molar-refractivity contribution in [3.8, 4) is 0 Å². The highest BCUT2D eigenvalue weighted by atomic mass is 35.5. The summed E-state index contributed by atoms with van der Waals surface area (Å²) < 4.78 is 0. The lowest BCUT2D eigenvalue weighted by atomic mass is 9.94. The van der Waals surface area contributed by atoms with Crippen molar-refractivity contribution < 1.29 is 0 Å². The van der Waals surface area contributed by atoms with Crippen LogP contribution in [0.5, 0.6) is 0 Å². The Kier molecular flexibility index (Phi) is 3.53. The molecule has 1 nitrogen and oxygen atoms in total. The van der Waals surface area contributed by atoms with E-state index in [-0.39, 0.29) is 5.38 Å². The normalized spacial score (nSPS) is 16.4. The van der Waals surface area contributed by atoms with Crippen molar-refractivity contribution in [1.82, 2.24) is 4.98 Å². The quantitative estimate of drug-likeness (QED) is 0.686. The highest BCUT2D eigenvalue weighted by molar-refractivity contribution is 7.09. The third kappa shape index (κ3) is 2.20. The fourth-order valence-corrected chi connectivity index (χ4v) is 2.91. The van der Waals surface area contributed by atoms with Crippen molar-refractivity contribution in [2.45, 2.75) is 32.1 Å². The minimum Gasteiger partial charge on any atom is -0.249 e. The third-order valence-corrected chi connectivity index (χ3v) is 3.10. The van der Waals surface area contributed by atoms with Crippen LogP contribution in [0.15, 0.2) is 11.6 Å². The summed E-state index contributed by atoms with van der Waals surface area (Å²) in [5, 5.41) is 3.33. The van der Waals surface area contributed by atoms with E-state index >= 15 is 0 Å². The molecule has 0 amide bonds. The molecule has 3 heteroatoms. The fourth-order valence-electron chi connectivity index (χ4n) is 1.41. The molecule has 68 valence electrons. The van der Waals surface area contributed by atoms with Crippen LogP contribution in [0.25, 0.3) is 0 Å². The first-order valence-corrected chi connectivity index (χ1v) is 5.48. The zero-order valence-electron chi connectivity index (χ0n) is 7.62. The molecule has 2 atom stereocenters. The van der Waals surface area contributed by atoms with Gasteiger partial charge < -0.3 is 0 Å². The van der Waals surface area contributed by atoms with Crippen LogP contribution in [0.1, 0.15) is 31.7 Å². The van der Waals surface area contributed by atoms with Crippen LogP contribution in [-0.2, 0) is 0 Å². The number of nitrogens with zero attached hydrogens (tertiary/aromatic N) is 1. The molecule has 0 fully saturated rings. The number of aromatic nitrogens is 1. The summed E-state index contributed by atoms with van der Waals surface area (Å²) in [7, 11) is 0. The van der Waals surface area contributed by atoms with Gasteiger partial charge >= 0.3 is 0 Å². The molecule has 0 aliphatic carbocycles. The van der Waals surface area contributed by atoms with E-state index < -0.39 is 0 Å². The van der Waals surface area contributed by atoms with Gasteiger partial charge in [0.2, 0.25) is 0 Å². The predicted octanol–water partition coefficient (Wildman–Crippen LogP) is 3.51. The Morgan fingerprint density at radius 1 is 1.42 bits per heavy atom. The molecule has 12 heavy (non-hydrogen) atoms. The van der Waals surface area contributed by atoms with Gasteiger partial charge in [0.25, 0.3) is 0 Å². The molecule has 1 aromatic rings. The van der Waals surface area contributed by atoms with Gasteiger partial charge in [-0.05, 0) is 12.8 Å². The third-order valence-electron chi connectivity index (χ3n) is 1.95. The van der Waals surface area contributed by atoms with Crippen molar-refractivity contribution in [2.75, 3.05) is 0 Å². The van der Waals surface area contributed by atoms with E-state index in [1.54, 1.807) is 11.3 Å². The van der Waals surface area contributed by atoms with E-state index in [2.05, 4.69) is 18.8 Å². The Morgan fingerprint density at radius 2 is 2.08 bits per heavy atom. The van der Waals surface area contributed by atoms with E-state index in [0.29, 0.717) is 11.8 Å². The fraction of sp³-hybridized carbons (Fsp3) is 0.667. The Bertz CT molecular complexity index is 210. The van der Waals surface area contributed by atoms with E-state index in [0.717, 1.165) is 5.01 Å². The maximum absolute atomic E-state index is 6.10. The average Bonchev–Trinajstić information content (AvgIpc) is 2.37. The molecule has 0 saturated heterocycles. The van der Waals surface area contributed by atoms with Crippen LogP contribution in [0.2, 0.25) is 0 Å². The van der Waals surface area contributed by atoms with Gasteiger partial charge in [0.05, 0.1) is 5.01 Å². The topological polar surface area (TPSA) is 12.9 Å². The van der Waals surface area contributed by atoms with E-state index in [9.17, 15) is 0 Å². The molecule has 0 radical (unpaired) electrons. The molecule has 0 aliphatic heterocycles. The monoisotopic (exact) mass is 203 g/mol. The molecule has 2 unspecified atom stereocenters. The Hall–Kier alpha value is -0.0800. The number of halogens is 1. The van der Waals surface area contributed by atoms with Crippen molar-refractivity contribution in [3.63, 3.8) is 0 Å². The summed E-state index contributed by atoms with van der Waals surface area (Å²) in [6, 6.07) is 0. The molecule has 0 bridgehead atoms. The Balaban J connectivity index is 2.81. The SMILES string of the molecule is CC(C)C(c1nccs1)C(C)Cl. The van der Waals surface area contributed by atoms with Crippen LogP contribution in [0, 0.1) is 5.92 Å². The first-order valence-electron chi connectivity index (χ1n) is 4.16. The molecule has 0 aliphatic rings.